The molecule has 29 heavy (non-hydrogen) atoms. The number of aromatic carboxylic acids is 1. The minimum atomic E-state index is -1.03. The van der Waals surface area contributed by atoms with Crippen molar-refractivity contribution in [3.8, 4) is 0 Å². The lowest BCUT2D eigenvalue weighted by molar-refractivity contribution is -0.117. The minimum Gasteiger partial charge on any atom is -0.476 e. The Balaban J connectivity index is 1.62. The van der Waals surface area contributed by atoms with Crippen molar-refractivity contribution in [2.45, 2.75) is 61.9 Å². The predicted octanol–water partition coefficient (Wildman–Crippen LogP) is 4.74. The predicted molar refractivity (Wildman–Crippen MR) is 116 cm³/mol. The number of aliphatic hydroxyl groups excluding tert-OH is 1. The molecule has 1 aliphatic heterocycles. The molecule has 1 saturated heterocycles. The number of thiazole rings is 1. The van der Waals surface area contributed by atoms with Gasteiger partial charge < -0.3 is 15.1 Å². The van der Waals surface area contributed by atoms with Crippen LogP contribution in [-0.2, 0) is 4.79 Å². The average Bonchev–Trinajstić information content (AvgIpc) is 3.33. The summed E-state index contributed by atoms with van der Waals surface area (Å²) in [7, 11) is 0. The summed E-state index contributed by atoms with van der Waals surface area (Å²) in [5, 5.41) is 20.9. The van der Waals surface area contributed by atoms with Crippen LogP contribution in [0.2, 0.25) is 0 Å². The van der Waals surface area contributed by atoms with Gasteiger partial charge in [0.1, 0.15) is 0 Å². The number of amides is 1. The molecule has 0 spiro atoms. The molecular formula is C21H26N2O4S2. The second kappa shape index (κ2) is 10.2. The molecule has 0 saturated carbocycles. The number of carboxylic acid groups (broad SMARTS) is 1. The SMILES string of the molecule is CCCCC[C@H](O)c1ccc(N2C(=O)CC[C@@H]2CSc2nc(C(=O)O)cs2)cc1. The summed E-state index contributed by atoms with van der Waals surface area (Å²) in [5.74, 6) is -0.264. The first-order chi connectivity index (χ1) is 14.0. The second-order valence-electron chi connectivity index (χ2n) is 7.17. The lowest BCUT2D eigenvalue weighted by Crippen LogP contribution is -2.34. The molecule has 0 bridgehead atoms. The minimum absolute atomic E-state index is 0.0463. The first kappa shape index (κ1) is 21.8. The average molecular weight is 435 g/mol. The number of rotatable bonds is 10. The van der Waals surface area contributed by atoms with Crippen LogP contribution in [0.25, 0.3) is 0 Å². The van der Waals surface area contributed by atoms with Crippen LogP contribution in [0.15, 0.2) is 34.0 Å². The van der Waals surface area contributed by atoms with Gasteiger partial charge in [0.2, 0.25) is 5.91 Å². The van der Waals surface area contributed by atoms with Gasteiger partial charge >= 0.3 is 5.97 Å². The van der Waals surface area contributed by atoms with Gasteiger partial charge in [0.05, 0.1) is 6.10 Å². The highest BCUT2D eigenvalue weighted by atomic mass is 32.2. The van der Waals surface area contributed by atoms with Crippen molar-refractivity contribution in [1.29, 1.82) is 0 Å². The summed E-state index contributed by atoms with van der Waals surface area (Å²) in [5.41, 5.74) is 1.78. The van der Waals surface area contributed by atoms with E-state index in [1.807, 2.05) is 29.2 Å². The third kappa shape index (κ3) is 5.58. The fourth-order valence-corrected chi connectivity index (χ4v) is 5.41. The fraction of sp³-hybridized carbons (Fsp3) is 0.476. The topological polar surface area (TPSA) is 90.7 Å². The van der Waals surface area contributed by atoms with Crippen LogP contribution in [0.1, 0.15) is 67.6 Å². The highest BCUT2D eigenvalue weighted by Crippen LogP contribution is 2.33. The van der Waals surface area contributed by atoms with Crippen molar-refractivity contribution in [1.82, 2.24) is 4.98 Å². The molecule has 1 aromatic carbocycles. The Morgan fingerprint density at radius 1 is 1.34 bits per heavy atom. The van der Waals surface area contributed by atoms with E-state index in [9.17, 15) is 14.7 Å². The molecule has 1 aromatic heterocycles. The zero-order chi connectivity index (χ0) is 20.8. The molecule has 156 valence electrons. The van der Waals surface area contributed by atoms with Crippen molar-refractivity contribution < 1.29 is 19.8 Å². The summed E-state index contributed by atoms with van der Waals surface area (Å²) in [6.45, 7) is 2.14. The molecule has 2 heterocycles. The van der Waals surface area contributed by atoms with E-state index in [-0.39, 0.29) is 17.6 Å². The van der Waals surface area contributed by atoms with Crippen LogP contribution >= 0.6 is 23.1 Å². The largest absolute Gasteiger partial charge is 0.476 e. The summed E-state index contributed by atoms with van der Waals surface area (Å²) in [4.78, 5) is 29.4. The van der Waals surface area contributed by atoms with Crippen LogP contribution < -0.4 is 4.90 Å². The zero-order valence-corrected chi connectivity index (χ0v) is 18.0. The van der Waals surface area contributed by atoms with Crippen LogP contribution in [0, 0.1) is 0 Å². The van der Waals surface area contributed by atoms with Gasteiger partial charge in [-0.25, -0.2) is 9.78 Å². The van der Waals surface area contributed by atoms with Crippen molar-refractivity contribution >= 4 is 40.7 Å². The van der Waals surface area contributed by atoms with E-state index in [2.05, 4.69) is 11.9 Å². The Hall–Kier alpha value is -1.90. The van der Waals surface area contributed by atoms with E-state index in [1.54, 1.807) is 0 Å². The van der Waals surface area contributed by atoms with Gasteiger partial charge in [-0.15, -0.1) is 11.3 Å². The molecule has 1 amide bonds. The first-order valence-corrected chi connectivity index (χ1v) is 11.8. The van der Waals surface area contributed by atoms with Crippen LogP contribution in [0.5, 0.6) is 0 Å². The quantitative estimate of drug-likeness (QED) is 0.414. The van der Waals surface area contributed by atoms with Gasteiger partial charge in [-0.1, -0.05) is 50.1 Å². The monoisotopic (exact) mass is 434 g/mol. The molecule has 1 fully saturated rings. The van der Waals surface area contributed by atoms with Gasteiger partial charge in [-0.3, -0.25) is 4.79 Å². The number of carboxylic acids is 1. The van der Waals surface area contributed by atoms with E-state index in [4.69, 9.17) is 5.11 Å². The summed E-state index contributed by atoms with van der Waals surface area (Å²) in [6, 6.07) is 7.67. The number of benzene rings is 1. The maximum atomic E-state index is 12.5. The van der Waals surface area contributed by atoms with Crippen molar-refractivity contribution in [2.24, 2.45) is 0 Å². The Labute approximate surface area is 179 Å². The molecule has 8 heteroatoms. The Bertz CT molecular complexity index is 837. The van der Waals surface area contributed by atoms with E-state index >= 15 is 0 Å². The number of nitrogens with zero attached hydrogens (tertiary/aromatic N) is 2. The normalized spacial score (nSPS) is 17.7. The molecule has 0 unspecified atom stereocenters. The number of carbonyl (C=O) groups is 2. The molecule has 2 aromatic rings. The van der Waals surface area contributed by atoms with Crippen LogP contribution in [0.4, 0.5) is 5.69 Å². The lowest BCUT2D eigenvalue weighted by Gasteiger charge is -2.25. The number of hydrogen-bond donors (Lipinski definition) is 2. The lowest BCUT2D eigenvalue weighted by atomic mass is 10.0. The third-order valence-electron chi connectivity index (χ3n) is 5.06. The molecule has 3 rings (SSSR count). The fourth-order valence-electron chi connectivity index (χ4n) is 3.46. The molecule has 0 radical (unpaired) electrons. The van der Waals surface area contributed by atoms with E-state index in [0.717, 1.165) is 43.4 Å². The molecule has 2 N–H and O–H groups in total. The Morgan fingerprint density at radius 2 is 2.10 bits per heavy atom. The highest BCUT2D eigenvalue weighted by molar-refractivity contribution is 8.01. The molecular weight excluding hydrogens is 408 g/mol. The first-order valence-electron chi connectivity index (χ1n) is 9.91. The molecule has 1 aliphatic rings. The van der Waals surface area contributed by atoms with Gasteiger partial charge in [0.15, 0.2) is 10.0 Å². The van der Waals surface area contributed by atoms with Gasteiger partial charge in [-0.05, 0) is 30.5 Å². The van der Waals surface area contributed by atoms with Crippen molar-refractivity contribution in [3.05, 3.63) is 40.9 Å². The maximum Gasteiger partial charge on any atom is 0.355 e. The number of hydrogen-bond acceptors (Lipinski definition) is 6. The van der Waals surface area contributed by atoms with Crippen LogP contribution in [-0.4, -0.2) is 38.9 Å². The summed E-state index contributed by atoms with van der Waals surface area (Å²) >= 11 is 2.80. The highest BCUT2D eigenvalue weighted by Gasteiger charge is 2.32. The summed E-state index contributed by atoms with van der Waals surface area (Å²) < 4.78 is 0.701. The standard InChI is InChI=1S/C21H26N2O4S2/c1-2-3-4-5-18(24)14-6-8-15(9-7-14)23-16(10-11-19(23)25)12-28-21-22-17(13-29-21)20(26)27/h6-9,13,16,18,24H,2-5,10-12H2,1H3,(H,26,27)/t16-,18+/m1/s1. The third-order valence-corrected chi connectivity index (χ3v) is 7.23. The number of unbranched alkanes of at least 4 members (excludes halogenated alkanes) is 2. The van der Waals surface area contributed by atoms with Gasteiger partial charge in [-0.2, -0.15) is 0 Å². The Morgan fingerprint density at radius 3 is 2.76 bits per heavy atom. The van der Waals surface area contributed by atoms with Crippen LogP contribution in [0.3, 0.4) is 0 Å². The van der Waals surface area contributed by atoms with E-state index in [1.165, 1.54) is 28.5 Å². The Kier molecular flexibility index (Phi) is 7.69. The van der Waals surface area contributed by atoms with E-state index in [0.29, 0.717) is 16.5 Å². The molecule has 6 nitrogen and oxygen atoms in total. The number of aliphatic hydroxyl groups is 1. The van der Waals surface area contributed by atoms with Crippen molar-refractivity contribution in [3.63, 3.8) is 0 Å². The summed E-state index contributed by atoms with van der Waals surface area (Å²) in [6.07, 6.45) is 4.80. The van der Waals surface area contributed by atoms with Gasteiger partial charge in [0.25, 0.3) is 0 Å². The second-order valence-corrected chi connectivity index (χ2v) is 9.30. The number of thioether (sulfide) groups is 1. The van der Waals surface area contributed by atoms with Gasteiger partial charge in [0, 0.05) is 29.3 Å². The number of carbonyl (C=O) groups excluding carboxylic acids is 1. The maximum absolute atomic E-state index is 12.5. The number of anilines is 1. The number of aromatic nitrogens is 1. The molecule has 2 atom stereocenters. The van der Waals surface area contributed by atoms with Crippen molar-refractivity contribution in [2.75, 3.05) is 10.7 Å². The zero-order valence-electron chi connectivity index (χ0n) is 16.4. The van der Waals surface area contributed by atoms with E-state index < -0.39 is 12.1 Å². The molecule has 0 aliphatic carbocycles. The smallest absolute Gasteiger partial charge is 0.355 e.